The van der Waals surface area contributed by atoms with E-state index >= 15 is 0 Å². The monoisotopic (exact) mass is 395 g/mol. The van der Waals surface area contributed by atoms with Gasteiger partial charge >= 0.3 is 0 Å². The zero-order valence-electron chi connectivity index (χ0n) is 16.1. The Hall–Kier alpha value is -2.47. The number of rotatable bonds is 6. The minimum absolute atomic E-state index is 0.0159. The summed E-state index contributed by atoms with van der Waals surface area (Å²) in [4.78, 5) is 32.0. The second-order valence-corrected chi connectivity index (χ2v) is 8.65. The molecule has 2 heterocycles. The highest BCUT2D eigenvalue weighted by atomic mass is 32.1. The van der Waals surface area contributed by atoms with Crippen molar-refractivity contribution in [3.8, 4) is 0 Å². The van der Waals surface area contributed by atoms with Crippen molar-refractivity contribution in [2.24, 2.45) is 0 Å². The van der Waals surface area contributed by atoms with Crippen LogP contribution in [-0.4, -0.2) is 21.5 Å². The molecule has 0 saturated heterocycles. The normalized spacial score (nSPS) is 14.6. The highest BCUT2D eigenvalue weighted by Gasteiger charge is 2.20. The molecule has 1 atom stereocenters. The van der Waals surface area contributed by atoms with Gasteiger partial charge in [-0.3, -0.25) is 14.2 Å². The summed E-state index contributed by atoms with van der Waals surface area (Å²) < 4.78 is 1.45. The van der Waals surface area contributed by atoms with E-state index in [0.717, 1.165) is 47.9 Å². The Kier molecular flexibility index (Phi) is 5.57. The summed E-state index contributed by atoms with van der Waals surface area (Å²) >= 11 is 1.63. The number of carbonyl (C=O) groups is 1. The molecule has 3 aromatic rings. The number of aryl methyl sites for hydroxylation is 3. The molecule has 146 valence electrons. The number of benzene rings is 1. The van der Waals surface area contributed by atoms with E-state index in [9.17, 15) is 9.59 Å². The van der Waals surface area contributed by atoms with Crippen LogP contribution in [0.4, 0.5) is 0 Å². The lowest BCUT2D eigenvalue weighted by atomic mass is 9.97. The number of nitrogens with zero attached hydrogens (tertiary/aromatic N) is 2. The minimum Gasteiger partial charge on any atom is -0.352 e. The molecule has 28 heavy (non-hydrogen) atoms. The summed E-state index contributed by atoms with van der Waals surface area (Å²) in [5.41, 5.74) is 2.34. The largest absolute Gasteiger partial charge is 0.352 e. The number of nitrogens with one attached hydrogen (secondary N) is 1. The molecule has 1 aromatic carbocycles. The molecule has 0 radical (unpaired) electrons. The number of hydrogen-bond acceptors (Lipinski definition) is 4. The molecule has 1 aliphatic rings. The zero-order chi connectivity index (χ0) is 19.5. The van der Waals surface area contributed by atoms with Gasteiger partial charge in [0.05, 0.1) is 11.7 Å². The number of aromatic nitrogens is 2. The smallest absolute Gasteiger partial charge is 0.262 e. The van der Waals surface area contributed by atoms with Crippen LogP contribution in [0.2, 0.25) is 0 Å². The van der Waals surface area contributed by atoms with Gasteiger partial charge in [-0.05, 0) is 56.6 Å². The Morgan fingerprint density at radius 1 is 1.25 bits per heavy atom. The fourth-order valence-electron chi connectivity index (χ4n) is 3.87. The van der Waals surface area contributed by atoms with E-state index in [1.807, 2.05) is 25.1 Å². The van der Waals surface area contributed by atoms with Gasteiger partial charge in [-0.2, -0.15) is 0 Å². The minimum atomic E-state index is -0.145. The molecule has 0 aliphatic heterocycles. The predicted octanol–water partition coefficient (Wildman–Crippen LogP) is 3.47. The third kappa shape index (κ3) is 4.02. The van der Waals surface area contributed by atoms with Gasteiger partial charge in [0.1, 0.15) is 11.4 Å². The van der Waals surface area contributed by atoms with Crippen LogP contribution < -0.4 is 10.9 Å². The van der Waals surface area contributed by atoms with Crippen LogP contribution in [0.25, 0.3) is 10.2 Å². The van der Waals surface area contributed by atoms with Crippen LogP contribution in [0.1, 0.15) is 42.2 Å². The first-order chi connectivity index (χ1) is 13.6. The summed E-state index contributed by atoms with van der Waals surface area (Å²) in [7, 11) is 0. The van der Waals surface area contributed by atoms with E-state index in [-0.39, 0.29) is 24.1 Å². The number of thiophene rings is 1. The van der Waals surface area contributed by atoms with E-state index in [4.69, 9.17) is 0 Å². The number of carbonyl (C=O) groups excluding carboxylic acids is 1. The second kappa shape index (κ2) is 8.27. The van der Waals surface area contributed by atoms with Gasteiger partial charge in [-0.15, -0.1) is 11.3 Å². The van der Waals surface area contributed by atoms with Crippen LogP contribution in [0, 0.1) is 0 Å². The molecule has 0 spiro atoms. The Labute approximate surface area is 168 Å². The standard InChI is InChI=1S/C22H25N3O2S/c1-15(11-12-16-7-3-2-4-8-16)24-19(26)13-25-14-23-21-20(22(25)27)17-9-5-6-10-18(17)28-21/h2-4,7-8,14-15H,5-6,9-13H2,1H3,(H,24,26). The summed E-state index contributed by atoms with van der Waals surface area (Å²) in [6, 6.07) is 10.3. The van der Waals surface area contributed by atoms with E-state index in [2.05, 4.69) is 22.4 Å². The van der Waals surface area contributed by atoms with Crippen LogP contribution >= 0.6 is 11.3 Å². The Bertz CT molecular complexity index is 1040. The van der Waals surface area contributed by atoms with Crippen molar-refractivity contribution in [2.45, 2.75) is 58.0 Å². The molecule has 6 heteroatoms. The fourth-order valence-corrected chi connectivity index (χ4v) is 5.09. The lowest BCUT2D eigenvalue weighted by Crippen LogP contribution is -2.37. The van der Waals surface area contributed by atoms with Gasteiger partial charge in [0.2, 0.25) is 5.91 Å². The van der Waals surface area contributed by atoms with Crippen molar-refractivity contribution in [3.63, 3.8) is 0 Å². The van der Waals surface area contributed by atoms with Gasteiger partial charge in [0.15, 0.2) is 0 Å². The van der Waals surface area contributed by atoms with Gasteiger partial charge in [-0.25, -0.2) is 4.98 Å². The van der Waals surface area contributed by atoms with E-state index in [1.165, 1.54) is 27.8 Å². The van der Waals surface area contributed by atoms with E-state index in [1.54, 1.807) is 11.3 Å². The molecule has 1 aliphatic carbocycles. The van der Waals surface area contributed by atoms with Crippen molar-refractivity contribution >= 4 is 27.5 Å². The first kappa shape index (κ1) is 18.9. The molecule has 0 saturated carbocycles. The van der Waals surface area contributed by atoms with Crippen LogP contribution in [0.3, 0.4) is 0 Å². The van der Waals surface area contributed by atoms with Gasteiger partial charge in [-0.1, -0.05) is 30.3 Å². The molecule has 0 fully saturated rings. The third-order valence-electron chi connectivity index (χ3n) is 5.37. The Morgan fingerprint density at radius 3 is 2.86 bits per heavy atom. The van der Waals surface area contributed by atoms with Gasteiger partial charge in [0.25, 0.3) is 5.56 Å². The highest BCUT2D eigenvalue weighted by molar-refractivity contribution is 7.18. The summed E-state index contributed by atoms with van der Waals surface area (Å²) in [5, 5.41) is 3.74. The highest BCUT2D eigenvalue weighted by Crippen LogP contribution is 2.33. The zero-order valence-corrected chi connectivity index (χ0v) is 16.9. The molecule has 4 rings (SSSR count). The van der Waals surface area contributed by atoms with Crippen molar-refractivity contribution in [2.75, 3.05) is 0 Å². The quantitative estimate of drug-likeness (QED) is 0.695. The van der Waals surface area contributed by atoms with Crippen LogP contribution in [0.5, 0.6) is 0 Å². The molecule has 0 bridgehead atoms. The maximum atomic E-state index is 12.9. The average molecular weight is 396 g/mol. The summed E-state index contributed by atoms with van der Waals surface area (Å²) in [6.45, 7) is 2.02. The topological polar surface area (TPSA) is 64.0 Å². The number of amides is 1. The van der Waals surface area contributed by atoms with Crippen molar-refractivity contribution in [3.05, 3.63) is 63.0 Å². The van der Waals surface area contributed by atoms with Gasteiger partial charge < -0.3 is 5.32 Å². The first-order valence-corrected chi connectivity index (χ1v) is 10.8. The lowest BCUT2D eigenvalue weighted by molar-refractivity contribution is -0.122. The molecule has 2 aromatic heterocycles. The molecule has 1 unspecified atom stereocenters. The predicted molar refractivity (Wildman–Crippen MR) is 113 cm³/mol. The maximum absolute atomic E-state index is 12.9. The van der Waals surface area contributed by atoms with Crippen molar-refractivity contribution in [1.82, 2.24) is 14.9 Å². The lowest BCUT2D eigenvalue weighted by Gasteiger charge is -2.15. The van der Waals surface area contributed by atoms with Crippen molar-refractivity contribution in [1.29, 1.82) is 0 Å². The second-order valence-electron chi connectivity index (χ2n) is 7.56. The van der Waals surface area contributed by atoms with E-state index in [0.29, 0.717) is 0 Å². The Morgan fingerprint density at radius 2 is 2.04 bits per heavy atom. The SMILES string of the molecule is CC(CCc1ccccc1)NC(=O)Cn1cnc2sc3c(c2c1=O)CCCC3. The van der Waals surface area contributed by atoms with Crippen LogP contribution in [-0.2, 0) is 30.6 Å². The molecule has 5 nitrogen and oxygen atoms in total. The Balaban J connectivity index is 1.42. The maximum Gasteiger partial charge on any atom is 0.262 e. The molecule has 1 amide bonds. The van der Waals surface area contributed by atoms with Crippen molar-refractivity contribution < 1.29 is 4.79 Å². The molecular weight excluding hydrogens is 370 g/mol. The fraction of sp³-hybridized carbons (Fsp3) is 0.409. The number of fused-ring (bicyclic) bond motifs is 3. The van der Waals surface area contributed by atoms with E-state index < -0.39 is 0 Å². The summed E-state index contributed by atoms with van der Waals surface area (Å²) in [5.74, 6) is -0.145. The van der Waals surface area contributed by atoms with Gasteiger partial charge in [0, 0.05) is 10.9 Å². The molecule has 1 N–H and O–H groups in total. The first-order valence-electron chi connectivity index (χ1n) is 9.95. The number of hydrogen-bond donors (Lipinski definition) is 1. The average Bonchev–Trinajstić information content (AvgIpc) is 3.08. The summed E-state index contributed by atoms with van der Waals surface area (Å²) in [6.07, 6.45) is 7.57. The third-order valence-corrected chi connectivity index (χ3v) is 6.57. The molecular formula is C22H25N3O2S. The van der Waals surface area contributed by atoms with Crippen LogP contribution in [0.15, 0.2) is 41.5 Å².